The number of benzene rings is 2. The van der Waals surface area contributed by atoms with E-state index in [-0.39, 0.29) is 0 Å². The number of ketones is 1. The van der Waals surface area contributed by atoms with Crippen molar-refractivity contribution in [2.75, 3.05) is 13.1 Å². The topological polar surface area (TPSA) is 53.2 Å². The van der Waals surface area contributed by atoms with Gasteiger partial charge in [-0.25, -0.2) is 0 Å². The lowest BCUT2D eigenvalue weighted by Gasteiger charge is -2.28. The number of carbonyl (C=O) groups excluding carboxylic acids is 2. The first kappa shape index (κ1) is 21.1. The average Bonchev–Trinajstić information content (AvgIpc) is 3.24. The van der Waals surface area contributed by atoms with Crippen LogP contribution in [0.5, 0.6) is 0 Å². The van der Waals surface area contributed by atoms with Crippen LogP contribution in [0.3, 0.4) is 0 Å². The van der Waals surface area contributed by atoms with Crippen molar-refractivity contribution >= 4 is 43.0 Å². The number of nitrogens with zero attached hydrogens (tertiary/aromatic N) is 1. The van der Waals surface area contributed by atoms with Crippen LogP contribution in [0.1, 0.15) is 42.6 Å². The van der Waals surface area contributed by atoms with E-state index in [1.165, 1.54) is 5.57 Å². The molecule has 5 heteroatoms. The molecule has 2 heterocycles. The van der Waals surface area contributed by atoms with E-state index in [2.05, 4.69) is 33.0 Å². The average molecular weight is 453 g/mol. The third kappa shape index (κ3) is 4.51. The second kappa shape index (κ2) is 9.70. The molecular weight excluding hydrogens is 428 g/mol. The van der Waals surface area contributed by atoms with E-state index >= 15 is 0 Å². The Bertz CT molecular complexity index is 1030. The number of hydrogen-bond donors (Lipinski definition) is 1. The van der Waals surface area contributed by atoms with Crippen LogP contribution in [0.15, 0.2) is 66.4 Å². The minimum atomic E-state index is -0.443. The van der Waals surface area contributed by atoms with E-state index in [9.17, 15) is 9.59 Å². The fourth-order valence-electron chi connectivity index (χ4n) is 3.51. The summed E-state index contributed by atoms with van der Waals surface area (Å²) in [6.45, 7) is 5.12. The summed E-state index contributed by atoms with van der Waals surface area (Å²) >= 11 is 3.70. The third-order valence-electron chi connectivity index (χ3n) is 5.02. The molecule has 0 atom stereocenters. The minimum Gasteiger partial charge on any atom is -0.360 e. The lowest BCUT2D eigenvalue weighted by molar-refractivity contribution is -0.126. The van der Waals surface area contributed by atoms with Crippen LogP contribution >= 0.6 is 15.9 Å². The fraction of sp³-hybridized carbons (Fsp3) is 0.250. The maximum atomic E-state index is 12.7. The summed E-state index contributed by atoms with van der Waals surface area (Å²) in [6.07, 6.45) is 3.16. The highest BCUT2D eigenvalue weighted by Gasteiger charge is 2.28. The van der Waals surface area contributed by atoms with Crippen LogP contribution in [0.25, 0.3) is 15.4 Å². The van der Waals surface area contributed by atoms with Crippen LogP contribution in [0, 0.1) is 0 Å². The SMILES string of the molecule is CC.O=C(C(=O)N1CCC(=C(Br)c2ccccc2)CC1)c1c[nH]c2ccccc12. The molecule has 3 aromatic rings. The first-order valence-corrected chi connectivity index (χ1v) is 10.8. The highest BCUT2D eigenvalue weighted by atomic mass is 79.9. The molecule has 4 rings (SSSR count). The van der Waals surface area contributed by atoms with Crippen molar-refractivity contribution in [1.29, 1.82) is 0 Å². The zero-order valence-electron chi connectivity index (χ0n) is 16.7. The first-order chi connectivity index (χ1) is 14.1. The highest BCUT2D eigenvalue weighted by Crippen LogP contribution is 2.31. The Morgan fingerprint density at radius 3 is 2.24 bits per heavy atom. The Kier molecular flexibility index (Phi) is 7.04. The quantitative estimate of drug-likeness (QED) is 0.402. The van der Waals surface area contributed by atoms with Crippen molar-refractivity contribution in [2.24, 2.45) is 0 Å². The van der Waals surface area contributed by atoms with Gasteiger partial charge in [-0.3, -0.25) is 9.59 Å². The van der Waals surface area contributed by atoms with Gasteiger partial charge in [0.05, 0.1) is 5.56 Å². The summed E-state index contributed by atoms with van der Waals surface area (Å²) in [6, 6.07) is 17.7. The molecular formula is C24H25BrN2O2. The molecule has 0 aliphatic carbocycles. The Balaban J connectivity index is 0.00000117. The van der Waals surface area contributed by atoms with Crippen LogP contribution < -0.4 is 0 Å². The number of aromatic nitrogens is 1. The molecule has 1 aliphatic rings. The molecule has 0 unspecified atom stereocenters. The smallest absolute Gasteiger partial charge is 0.295 e. The van der Waals surface area contributed by atoms with Gasteiger partial charge < -0.3 is 9.88 Å². The van der Waals surface area contributed by atoms with Gasteiger partial charge in [-0.2, -0.15) is 0 Å². The van der Waals surface area contributed by atoms with Gasteiger partial charge in [-0.05, 0) is 24.5 Å². The lowest BCUT2D eigenvalue weighted by atomic mass is 10.00. The van der Waals surface area contributed by atoms with Crippen LogP contribution in [0.2, 0.25) is 0 Å². The molecule has 1 N–H and O–H groups in total. The molecule has 2 aromatic carbocycles. The number of halogens is 1. The van der Waals surface area contributed by atoms with Gasteiger partial charge in [0.1, 0.15) is 0 Å². The second-order valence-corrected chi connectivity index (χ2v) is 7.45. The van der Waals surface area contributed by atoms with Gasteiger partial charge in [-0.15, -0.1) is 0 Å². The summed E-state index contributed by atoms with van der Waals surface area (Å²) in [5.74, 6) is -0.864. The van der Waals surface area contributed by atoms with Crippen LogP contribution in [-0.4, -0.2) is 34.7 Å². The van der Waals surface area contributed by atoms with E-state index in [1.54, 1.807) is 11.1 Å². The molecule has 1 aromatic heterocycles. The van der Waals surface area contributed by atoms with E-state index in [0.717, 1.165) is 33.8 Å². The molecule has 1 amide bonds. The number of aromatic amines is 1. The maximum absolute atomic E-state index is 12.7. The number of likely N-dealkylation sites (tertiary alicyclic amines) is 1. The number of carbonyl (C=O) groups is 2. The number of hydrogen-bond acceptors (Lipinski definition) is 2. The molecule has 150 valence electrons. The van der Waals surface area contributed by atoms with Crippen molar-refractivity contribution < 1.29 is 9.59 Å². The highest BCUT2D eigenvalue weighted by molar-refractivity contribution is 9.15. The minimum absolute atomic E-state index is 0.422. The van der Waals surface area contributed by atoms with Gasteiger partial charge in [0, 0.05) is 34.7 Å². The summed E-state index contributed by atoms with van der Waals surface area (Å²) in [5.41, 5.74) is 3.73. The molecule has 1 saturated heterocycles. The second-order valence-electron chi connectivity index (χ2n) is 6.65. The Morgan fingerprint density at radius 2 is 1.55 bits per heavy atom. The molecule has 29 heavy (non-hydrogen) atoms. The Hall–Kier alpha value is -2.66. The van der Waals surface area contributed by atoms with E-state index in [0.29, 0.717) is 18.7 Å². The normalized spacial score (nSPS) is 13.6. The number of H-pyrrole nitrogens is 1. The molecule has 0 spiro atoms. The van der Waals surface area contributed by atoms with Crippen molar-refractivity contribution in [3.8, 4) is 0 Å². The number of nitrogens with one attached hydrogen (secondary N) is 1. The number of rotatable bonds is 3. The molecule has 0 bridgehead atoms. The fourth-order valence-corrected chi connectivity index (χ4v) is 4.17. The van der Waals surface area contributed by atoms with E-state index in [1.807, 2.05) is 56.3 Å². The molecule has 1 aliphatic heterocycles. The Labute approximate surface area is 179 Å². The van der Waals surface area contributed by atoms with Gasteiger partial charge in [-0.1, -0.05) is 83.9 Å². The monoisotopic (exact) mass is 452 g/mol. The summed E-state index contributed by atoms with van der Waals surface area (Å²) < 4.78 is 1.10. The third-order valence-corrected chi connectivity index (χ3v) is 6.04. The number of fused-ring (bicyclic) bond motifs is 1. The van der Waals surface area contributed by atoms with Crippen molar-refractivity contribution in [2.45, 2.75) is 26.7 Å². The van der Waals surface area contributed by atoms with Gasteiger partial charge in [0.15, 0.2) is 0 Å². The van der Waals surface area contributed by atoms with Gasteiger partial charge >= 0.3 is 0 Å². The summed E-state index contributed by atoms with van der Waals surface area (Å²) in [5, 5.41) is 0.792. The number of Topliss-reactive ketones (excluding diaryl/α,β-unsaturated/α-hetero) is 1. The first-order valence-electron chi connectivity index (χ1n) is 9.98. The van der Waals surface area contributed by atoms with Crippen LogP contribution in [-0.2, 0) is 4.79 Å². The van der Waals surface area contributed by atoms with Crippen LogP contribution in [0.4, 0.5) is 0 Å². The summed E-state index contributed by atoms with van der Waals surface area (Å²) in [4.78, 5) is 30.2. The molecule has 4 nitrogen and oxygen atoms in total. The molecule has 0 saturated carbocycles. The predicted octanol–water partition coefficient (Wildman–Crippen LogP) is 5.81. The number of amides is 1. The van der Waals surface area contributed by atoms with E-state index in [4.69, 9.17) is 0 Å². The zero-order chi connectivity index (χ0) is 20.8. The maximum Gasteiger partial charge on any atom is 0.295 e. The lowest BCUT2D eigenvalue weighted by Crippen LogP contribution is -2.40. The largest absolute Gasteiger partial charge is 0.360 e. The Morgan fingerprint density at radius 1 is 0.931 bits per heavy atom. The van der Waals surface area contributed by atoms with Crippen molar-refractivity contribution in [3.05, 3.63) is 77.5 Å². The van der Waals surface area contributed by atoms with Crippen molar-refractivity contribution in [1.82, 2.24) is 9.88 Å². The number of para-hydroxylation sites is 1. The van der Waals surface area contributed by atoms with Gasteiger partial charge in [0.2, 0.25) is 0 Å². The van der Waals surface area contributed by atoms with Gasteiger partial charge in [0.25, 0.3) is 11.7 Å². The van der Waals surface area contributed by atoms with E-state index < -0.39 is 11.7 Å². The zero-order valence-corrected chi connectivity index (χ0v) is 18.3. The molecule has 1 fully saturated rings. The predicted molar refractivity (Wildman–Crippen MR) is 122 cm³/mol. The number of piperidine rings is 1. The van der Waals surface area contributed by atoms with Crippen molar-refractivity contribution in [3.63, 3.8) is 0 Å². The summed E-state index contributed by atoms with van der Waals surface area (Å²) in [7, 11) is 0. The molecule has 0 radical (unpaired) electrons. The standard InChI is InChI=1S/C22H19BrN2O2.C2H6/c23-20(15-6-2-1-3-7-15)16-10-12-25(13-11-16)22(27)21(26)18-14-24-19-9-5-4-8-17(18)19;1-2/h1-9,14,24H,10-13H2;1-2H3.